The second kappa shape index (κ2) is 9.65. The average Bonchev–Trinajstić information content (AvgIpc) is 3.26. The molecule has 0 spiro atoms. The number of halogens is 4. The van der Waals surface area contributed by atoms with Crippen molar-refractivity contribution in [2.24, 2.45) is 10.9 Å². The number of alkyl halides is 3. The van der Waals surface area contributed by atoms with Crippen molar-refractivity contribution in [3.63, 3.8) is 0 Å². The van der Waals surface area contributed by atoms with Gasteiger partial charge in [-0.15, -0.1) is 24.0 Å². The van der Waals surface area contributed by atoms with Crippen molar-refractivity contribution < 1.29 is 17.9 Å². The van der Waals surface area contributed by atoms with E-state index in [1.165, 1.54) is 12.1 Å². The molecule has 1 saturated carbocycles. The molecule has 4 nitrogen and oxygen atoms in total. The Kier molecular flexibility index (Phi) is 8.01. The molecule has 0 amide bonds. The van der Waals surface area contributed by atoms with Crippen molar-refractivity contribution in [2.45, 2.75) is 37.8 Å². The number of rotatable bonds is 6. The maximum absolute atomic E-state index is 13.0. The van der Waals surface area contributed by atoms with E-state index in [4.69, 9.17) is 9.73 Å². The topological polar surface area (TPSA) is 36.9 Å². The van der Waals surface area contributed by atoms with Gasteiger partial charge in [-0.05, 0) is 37.8 Å². The fourth-order valence-electron chi connectivity index (χ4n) is 3.61. The van der Waals surface area contributed by atoms with Gasteiger partial charge in [-0.1, -0.05) is 18.2 Å². The Balaban J connectivity index is 0.00000280. The van der Waals surface area contributed by atoms with E-state index in [0.717, 1.165) is 63.2 Å². The molecule has 1 N–H and O–H groups in total. The lowest BCUT2D eigenvalue weighted by molar-refractivity contribution is -0.137. The highest BCUT2D eigenvalue weighted by atomic mass is 127. The SMILES string of the molecule is CCNC(=NCC1(c2cccc(C(F)(F)F)c2)CC1)N(C)CC1CCOC1.I. The van der Waals surface area contributed by atoms with E-state index >= 15 is 0 Å². The van der Waals surface area contributed by atoms with Crippen LogP contribution in [0.4, 0.5) is 13.2 Å². The summed E-state index contributed by atoms with van der Waals surface area (Å²) in [6.45, 7) is 5.72. The molecule has 8 heteroatoms. The van der Waals surface area contributed by atoms with Crippen LogP contribution in [-0.4, -0.2) is 50.8 Å². The molecule has 0 radical (unpaired) electrons. The van der Waals surface area contributed by atoms with Gasteiger partial charge in [0, 0.05) is 38.1 Å². The standard InChI is InChI=1S/C20H28F3N3O.HI/c1-3-24-18(26(2)12-15-7-10-27-13-15)25-14-19(8-9-19)16-5-4-6-17(11-16)20(21,22)23;/h4-6,11,15H,3,7-10,12-14H2,1-2H3,(H,24,25);1H. The first-order valence-corrected chi connectivity index (χ1v) is 9.59. The molecule has 1 heterocycles. The first-order valence-electron chi connectivity index (χ1n) is 9.59. The Hall–Kier alpha value is -1.03. The van der Waals surface area contributed by atoms with E-state index < -0.39 is 11.7 Å². The summed E-state index contributed by atoms with van der Waals surface area (Å²) in [6.07, 6.45) is -1.51. The summed E-state index contributed by atoms with van der Waals surface area (Å²) >= 11 is 0. The van der Waals surface area contributed by atoms with Crippen LogP contribution in [0.2, 0.25) is 0 Å². The molecule has 28 heavy (non-hydrogen) atoms. The molecule has 2 fully saturated rings. The molecule has 158 valence electrons. The van der Waals surface area contributed by atoms with E-state index in [0.29, 0.717) is 12.5 Å². The van der Waals surface area contributed by atoms with Crippen LogP contribution in [0.1, 0.15) is 37.3 Å². The summed E-state index contributed by atoms with van der Waals surface area (Å²) in [7, 11) is 2.00. The van der Waals surface area contributed by atoms with Crippen molar-refractivity contribution in [1.82, 2.24) is 10.2 Å². The second-order valence-electron chi connectivity index (χ2n) is 7.64. The van der Waals surface area contributed by atoms with Gasteiger partial charge in [0.1, 0.15) is 0 Å². The van der Waals surface area contributed by atoms with E-state index in [2.05, 4.69) is 10.2 Å². The lowest BCUT2D eigenvalue weighted by atomic mass is 9.94. The van der Waals surface area contributed by atoms with Gasteiger partial charge in [-0.3, -0.25) is 4.99 Å². The Morgan fingerprint density at radius 2 is 2.11 bits per heavy atom. The molecule has 1 aliphatic heterocycles. The molecule has 1 aromatic rings. The Labute approximate surface area is 181 Å². The van der Waals surface area contributed by atoms with Crippen LogP contribution in [0.3, 0.4) is 0 Å². The van der Waals surface area contributed by atoms with Crippen molar-refractivity contribution in [1.29, 1.82) is 0 Å². The predicted octanol–water partition coefficient (Wildman–Crippen LogP) is 4.29. The number of hydrogen-bond acceptors (Lipinski definition) is 2. The summed E-state index contributed by atoms with van der Waals surface area (Å²) in [4.78, 5) is 6.87. The second-order valence-corrected chi connectivity index (χ2v) is 7.64. The zero-order chi connectivity index (χ0) is 19.5. The highest BCUT2D eigenvalue weighted by molar-refractivity contribution is 14.0. The minimum absolute atomic E-state index is 0. The Bertz CT molecular complexity index is 671. The molecule has 0 aromatic heterocycles. The number of benzene rings is 1. The number of hydrogen-bond donors (Lipinski definition) is 1. The summed E-state index contributed by atoms with van der Waals surface area (Å²) in [5, 5.41) is 3.30. The molecule has 1 aromatic carbocycles. The number of aliphatic imine (C=N–C) groups is 1. The first kappa shape index (κ1) is 23.3. The molecule has 1 aliphatic carbocycles. The van der Waals surface area contributed by atoms with Crippen LogP contribution < -0.4 is 5.32 Å². The molecular weight excluding hydrogens is 482 g/mol. The van der Waals surface area contributed by atoms with Crippen LogP contribution in [-0.2, 0) is 16.3 Å². The van der Waals surface area contributed by atoms with Gasteiger partial charge < -0.3 is 15.0 Å². The van der Waals surface area contributed by atoms with Gasteiger partial charge in [0.05, 0.1) is 18.7 Å². The van der Waals surface area contributed by atoms with E-state index in [1.54, 1.807) is 6.07 Å². The quantitative estimate of drug-likeness (QED) is 0.352. The van der Waals surface area contributed by atoms with Gasteiger partial charge in [-0.2, -0.15) is 13.2 Å². The lowest BCUT2D eigenvalue weighted by Crippen LogP contribution is -2.42. The zero-order valence-electron chi connectivity index (χ0n) is 16.4. The maximum Gasteiger partial charge on any atom is 0.416 e. The van der Waals surface area contributed by atoms with Gasteiger partial charge in [0.25, 0.3) is 0 Å². The van der Waals surface area contributed by atoms with Gasteiger partial charge >= 0.3 is 6.18 Å². The van der Waals surface area contributed by atoms with Crippen LogP contribution in [0.15, 0.2) is 29.3 Å². The fourth-order valence-corrected chi connectivity index (χ4v) is 3.61. The molecule has 0 bridgehead atoms. The Morgan fingerprint density at radius 1 is 1.36 bits per heavy atom. The molecular formula is C20H29F3IN3O. The first-order chi connectivity index (χ1) is 12.8. The maximum atomic E-state index is 13.0. The van der Waals surface area contributed by atoms with Crippen LogP contribution in [0.5, 0.6) is 0 Å². The third kappa shape index (κ3) is 5.75. The zero-order valence-corrected chi connectivity index (χ0v) is 18.7. The summed E-state index contributed by atoms with van der Waals surface area (Å²) in [6, 6.07) is 5.71. The minimum atomic E-state index is -4.31. The minimum Gasteiger partial charge on any atom is -0.381 e. The normalized spacial score (nSPS) is 21.2. The molecule has 3 rings (SSSR count). The highest BCUT2D eigenvalue weighted by Gasteiger charge is 2.45. The van der Waals surface area contributed by atoms with E-state index in [-0.39, 0.29) is 29.4 Å². The molecule has 1 unspecified atom stereocenters. The average molecular weight is 511 g/mol. The lowest BCUT2D eigenvalue weighted by Gasteiger charge is -2.25. The van der Waals surface area contributed by atoms with E-state index in [9.17, 15) is 13.2 Å². The third-order valence-electron chi connectivity index (χ3n) is 5.44. The van der Waals surface area contributed by atoms with Crippen LogP contribution in [0, 0.1) is 5.92 Å². The number of guanidine groups is 1. The van der Waals surface area contributed by atoms with Gasteiger partial charge in [-0.25, -0.2) is 0 Å². The van der Waals surface area contributed by atoms with Crippen molar-refractivity contribution in [2.75, 3.05) is 39.9 Å². The number of nitrogens with zero attached hydrogens (tertiary/aromatic N) is 2. The largest absolute Gasteiger partial charge is 0.416 e. The molecule has 2 aliphatic rings. The number of nitrogens with one attached hydrogen (secondary N) is 1. The summed E-state index contributed by atoms with van der Waals surface area (Å²) in [5.41, 5.74) is -0.108. The molecule has 1 atom stereocenters. The van der Waals surface area contributed by atoms with Crippen molar-refractivity contribution in [3.05, 3.63) is 35.4 Å². The van der Waals surface area contributed by atoms with Gasteiger partial charge in [0.2, 0.25) is 0 Å². The van der Waals surface area contributed by atoms with Gasteiger partial charge in [0.15, 0.2) is 5.96 Å². The van der Waals surface area contributed by atoms with E-state index in [1.807, 2.05) is 14.0 Å². The summed E-state index contributed by atoms with van der Waals surface area (Å²) < 4.78 is 44.5. The Morgan fingerprint density at radius 3 is 2.68 bits per heavy atom. The van der Waals surface area contributed by atoms with Crippen molar-refractivity contribution in [3.8, 4) is 0 Å². The summed E-state index contributed by atoms with van der Waals surface area (Å²) in [5.74, 6) is 1.31. The number of ether oxygens (including phenoxy) is 1. The fraction of sp³-hybridized carbons (Fsp3) is 0.650. The highest BCUT2D eigenvalue weighted by Crippen LogP contribution is 2.49. The van der Waals surface area contributed by atoms with Crippen LogP contribution in [0.25, 0.3) is 0 Å². The monoisotopic (exact) mass is 511 g/mol. The smallest absolute Gasteiger partial charge is 0.381 e. The molecule has 1 saturated heterocycles. The predicted molar refractivity (Wildman–Crippen MR) is 115 cm³/mol. The van der Waals surface area contributed by atoms with Crippen LogP contribution >= 0.6 is 24.0 Å². The third-order valence-corrected chi connectivity index (χ3v) is 5.44. The van der Waals surface area contributed by atoms with Crippen molar-refractivity contribution >= 4 is 29.9 Å².